The molecule has 1 aromatic carbocycles. The van der Waals surface area contributed by atoms with E-state index in [1.165, 1.54) is 18.2 Å². The lowest BCUT2D eigenvalue weighted by Gasteiger charge is -2.31. The van der Waals surface area contributed by atoms with Crippen molar-refractivity contribution in [3.8, 4) is 5.75 Å². The Morgan fingerprint density at radius 2 is 1.77 bits per heavy atom. The summed E-state index contributed by atoms with van der Waals surface area (Å²) < 4.78 is 48.9. The van der Waals surface area contributed by atoms with Crippen LogP contribution in [0, 0.1) is 5.82 Å². The van der Waals surface area contributed by atoms with Crippen LogP contribution in [-0.2, 0) is 11.3 Å². The molecule has 2 rings (SSSR count). The minimum Gasteiger partial charge on any atom is -0.444 e. The summed E-state index contributed by atoms with van der Waals surface area (Å²) in [6.07, 6.45) is 2.70. The molecule has 10 heteroatoms. The van der Waals surface area contributed by atoms with Crippen molar-refractivity contribution < 1.29 is 27.4 Å². The first-order chi connectivity index (χ1) is 14.6. The zero-order valence-electron chi connectivity index (χ0n) is 18.3. The second kappa shape index (κ2) is 11.1. The van der Waals surface area contributed by atoms with E-state index in [1.807, 2.05) is 20.8 Å². The number of hydrogen-bond acceptors (Lipinski definition) is 4. The number of hydrogen-bond donors (Lipinski definition) is 3. The molecule has 1 saturated carbocycles. The molecule has 0 heterocycles. The second-order valence-corrected chi connectivity index (χ2v) is 8.36. The van der Waals surface area contributed by atoms with E-state index in [4.69, 9.17) is 4.74 Å². The number of nitrogens with zero attached hydrogens (tertiary/aromatic N) is 1. The van der Waals surface area contributed by atoms with Gasteiger partial charge in [-0.15, -0.1) is 0 Å². The molecule has 0 atom stereocenters. The van der Waals surface area contributed by atoms with E-state index < -0.39 is 24.1 Å². The number of alkyl halides is 2. The molecule has 3 N–H and O–H groups in total. The number of alkyl carbamates (subject to hydrolysis) is 1. The normalized spacial score (nSPS) is 19.7. The van der Waals surface area contributed by atoms with Gasteiger partial charge in [0, 0.05) is 31.2 Å². The first-order valence-corrected chi connectivity index (χ1v) is 10.3. The van der Waals surface area contributed by atoms with Gasteiger partial charge in [0.1, 0.15) is 17.2 Å². The molecule has 0 radical (unpaired) electrons. The lowest BCUT2D eigenvalue weighted by Crippen LogP contribution is -2.48. The van der Waals surface area contributed by atoms with Crippen LogP contribution in [0.25, 0.3) is 0 Å². The summed E-state index contributed by atoms with van der Waals surface area (Å²) in [6, 6.07) is 3.94. The molecule has 0 spiro atoms. The Bertz CT molecular complexity index is 761. The van der Waals surface area contributed by atoms with Gasteiger partial charge in [-0.05, 0) is 58.6 Å². The van der Waals surface area contributed by atoms with E-state index in [0.717, 1.165) is 25.7 Å². The van der Waals surface area contributed by atoms with Gasteiger partial charge in [0.05, 0.1) is 0 Å². The first-order valence-electron chi connectivity index (χ1n) is 10.3. The van der Waals surface area contributed by atoms with Crippen molar-refractivity contribution in [1.29, 1.82) is 0 Å². The number of aliphatic imine (C=N–C) groups is 1. The highest BCUT2D eigenvalue weighted by Crippen LogP contribution is 2.23. The molecular formula is C21H31F3N4O3. The molecule has 0 aliphatic heterocycles. The Hall–Kier alpha value is -2.65. The Balaban J connectivity index is 1.83. The smallest absolute Gasteiger partial charge is 0.407 e. The largest absolute Gasteiger partial charge is 0.444 e. The quantitative estimate of drug-likeness (QED) is 0.458. The molecule has 7 nitrogen and oxygen atoms in total. The summed E-state index contributed by atoms with van der Waals surface area (Å²) in [5, 5.41) is 9.08. The third-order valence-corrected chi connectivity index (χ3v) is 4.74. The van der Waals surface area contributed by atoms with Crippen LogP contribution in [0.3, 0.4) is 0 Å². The van der Waals surface area contributed by atoms with E-state index >= 15 is 0 Å². The van der Waals surface area contributed by atoms with Gasteiger partial charge in [0.15, 0.2) is 5.96 Å². The van der Waals surface area contributed by atoms with Crippen LogP contribution in [0.5, 0.6) is 5.75 Å². The monoisotopic (exact) mass is 444 g/mol. The van der Waals surface area contributed by atoms with Gasteiger partial charge in [-0.2, -0.15) is 8.78 Å². The van der Waals surface area contributed by atoms with E-state index in [1.54, 1.807) is 7.05 Å². The molecule has 1 aliphatic carbocycles. The predicted octanol–water partition coefficient (Wildman–Crippen LogP) is 3.93. The van der Waals surface area contributed by atoms with Crippen LogP contribution in [0.2, 0.25) is 0 Å². The van der Waals surface area contributed by atoms with E-state index in [2.05, 4.69) is 25.7 Å². The molecule has 0 aromatic heterocycles. The predicted molar refractivity (Wildman–Crippen MR) is 112 cm³/mol. The molecule has 0 unspecified atom stereocenters. The summed E-state index contributed by atoms with van der Waals surface area (Å²) >= 11 is 0. The van der Waals surface area contributed by atoms with Crippen LogP contribution in [-0.4, -0.2) is 43.4 Å². The molecule has 174 valence electrons. The molecule has 1 amide bonds. The average molecular weight is 444 g/mol. The number of nitrogens with one attached hydrogen (secondary N) is 3. The standard InChI is InChI=1S/C21H31F3N4O3/c1-21(2,3)31-20(29)28-14-10-8-13(9-11-14)27-19(25-4)26-12-15-16(22)6-5-7-17(15)30-18(23)24/h5-7,13-14,18H,8-12H2,1-4H3,(H,28,29)(H2,25,26,27). The average Bonchev–Trinajstić information content (AvgIpc) is 2.66. The summed E-state index contributed by atoms with van der Waals surface area (Å²) in [6.45, 7) is 2.34. The van der Waals surface area contributed by atoms with Crippen molar-refractivity contribution in [2.75, 3.05) is 7.05 Å². The van der Waals surface area contributed by atoms with Crippen LogP contribution in [0.1, 0.15) is 52.0 Å². The van der Waals surface area contributed by atoms with Crippen molar-refractivity contribution >= 4 is 12.1 Å². The van der Waals surface area contributed by atoms with Crippen LogP contribution < -0.4 is 20.7 Å². The Kier molecular flexibility index (Phi) is 8.82. The summed E-state index contributed by atoms with van der Waals surface area (Å²) in [5.74, 6) is -0.434. The number of amides is 1. The summed E-state index contributed by atoms with van der Waals surface area (Å²) in [5.41, 5.74) is -0.546. The minimum absolute atomic E-state index is 0.00369. The van der Waals surface area contributed by atoms with Crippen molar-refractivity contribution in [1.82, 2.24) is 16.0 Å². The molecule has 0 bridgehead atoms. The minimum atomic E-state index is -3.04. The van der Waals surface area contributed by atoms with Crippen molar-refractivity contribution in [2.24, 2.45) is 4.99 Å². The maximum Gasteiger partial charge on any atom is 0.407 e. The van der Waals surface area contributed by atoms with E-state index in [-0.39, 0.29) is 29.9 Å². The molecule has 1 aromatic rings. The fourth-order valence-corrected chi connectivity index (χ4v) is 3.33. The number of carbonyl (C=O) groups excluding carboxylic acids is 1. The molecule has 1 aliphatic rings. The van der Waals surface area contributed by atoms with Gasteiger partial charge in [0.25, 0.3) is 0 Å². The van der Waals surface area contributed by atoms with Gasteiger partial charge >= 0.3 is 12.7 Å². The highest BCUT2D eigenvalue weighted by Gasteiger charge is 2.25. The zero-order valence-corrected chi connectivity index (χ0v) is 18.3. The third kappa shape index (κ3) is 8.55. The van der Waals surface area contributed by atoms with Gasteiger partial charge in [-0.25, -0.2) is 9.18 Å². The first kappa shape index (κ1) is 24.6. The Labute approximate surface area is 180 Å². The fraction of sp³-hybridized carbons (Fsp3) is 0.619. The molecule has 1 fully saturated rings. The number of benzene rings is 1. The number of ether oxygens (including phenoxy) is 2. The SMILES string of the molecule is CN=C(NCc1c(F)cccc1OC(F)F)NC1CCC(NC(=O)OC(C)(C)C)CC1. The van der Waals surface area contributed by atoms with Crippen LogP contribution in [0.4, 0.5) is 18.0 Å². The fourth-order valence-electron chi connectivity index (χ4n) is 3.33. The number of halogens is 3. The van der Waals surface area contributed by atoms with Crippen LogP contribution in [0.15, 0.2) is 23.2 Å². The van der Waals surface area contributed by atoms with Crippen molar-refractivity contribution in [3.63, 3.8) is 0 Å². The lowest BCUT2D eigenvalue weighted by molar-refractivity contribution is -0.0506. The van der Waals surface area contributed by atoms with Gasteiger partial charge in [-0.3, -0.25) is 4.99 Å². The third-order valence-electron chi connectivity index (χ3n) is 4.74. The summed E-state index contributed by atoms with van der Waals surface area (Å²) in [4.78, 5) is 16.0. The van der Waals surface area contributed by atoms with Crippen molar-refractivity contribution in [2.45, 2.75) is 77.3 Å². The highest BCUT2D eigenvalue weighted by molar-refractivity contribution is 5.80. The highest BCUT2D eigenvalue weighted by atomic mass is 19.3. The Morgan fingerprint density at radius 1 is 1.16 bits per heavy atom. The molecular weight excluding hydrogens is 413 g/mol. The van der Waals surface area contributed by atoms with Crippen LogP contribution >= 0.6 is 0 Å². The summed E-state index contributed by atoms with van der Waals surface area (Å²) in [7, 11) is 1.57. The molecule has 31 heavy (non-hydrogen) atoms. The Morgan fingerprint density at radius 3 is 2.32 bits per heavy atom. The van der Waals surface area contributed by atoms with E-state index in [0.29, 0.717) is 5.96 Å². The number of rotatable bonds is 6. The van der Waals surface area contributed by atoms with Gasteiger partial charge in [0.2, 0.25) is 0 Å². The van der Waals surface area contributed by atoms with Gasteiger partial charge in [-0.1, -0.05) is 6.07 Å². The van der Waals surface area contributed by atoms with E-state index in [9.17, 15) is 18.0 Å². The zero-order chi connectivity index (χ0) is 23.0. The topological polar surface area (TPSA) is 84.0 Å². The lowest BCUT2D eigenvalue weighted by atomic mass is 9.91. The molecule has 0 saturated heterocycles. The number of carbonyl (C=O) groups is 1. The maximum atomic E-state index is 14.1. The van der Waals surface area contributed by atoms with Crippen molar-refractivity contribution in [3.05, 3.63) is 29.6 Å². The van der Waals surface area contributed by atoms with Gasteiger partial charge < -0.3 is 25.4 Å². The second-order valence-electron chi connectivity index (χ2n) is 8.36. The number of guanidine groups is 1. The maximum absolute atomic E-state index is 14.1.